The molecule has 0 saturated heterocycles. The predicted molar refractivity (Wildman–Crippen MR) is 82.1 cm³/mol. The maximum atomic E-state index is 13.8. The van der Waals surface area contributed by atoms with Crippen LogP contribution in [0.2, 0.25) is 0 Å². The fourth-order valence-corrected chi connectivity index (χ4v) is 2.71. The van der Waals surface area contributed by atoms with Crippen LogP contribution in [-0.4, -0.2) is 16.3 Å². The Hall–Kier alpha value is -1.27. The lowest BCUT2D eigenvalue weighted by Crippen LogP contribution is -2.23. The molecule has 1 unspecified atom stereocenters. The Morgan fingerprint density at radius 3 is 2.71 bits per heavy atom. The summed E-state index contributed by atoms with van der Waals surface area (Å²) in [6, 6.07) is 2.52. The molecule has 6 heteroatoms. The van der Waals surface area contributed by atoms with E-state index in [-0.39, 0.29) is 10.5 Å². The smallest absolute Gasteiger partial charge is 0.173 e. The number of nitrogens with zero attached hydrogens (tertiary/aromatic N) is 2. The van der Waals surface area contributed by atoms with E-state index in [1.165, 1.54) is 0 Å². The molecule has 2 aromatic rings. The van der Waals surface area contributed by atoms with E-state index in [0.29, 0.717) is 5.56 Å². The number of aryl methyl sites for hydroxylation is 1. The Morgan fingerprint density at radius 2 is 2.10 bits per heavy atom. The van der Waals surface area contributed by atoms with E-state index in [4.69, 9.17) is 0 Å². The summed E-state index contributed by atoms with van der Waals surface area (Å²) in [5.41, 5.74) is 1.59. The van der Waals surface area contributed by atoms with Crippen molar-refractivity contribution in [2.45, 2.75) is 32.9 Å². The standard InChI is InChI=1S/C15H18BrF2N3/c1-3-7-19-15(10-8-20-21(4-2)9-10)11-5-6-12(17)14(18)13(11)16/h5-6,8-9,15,19H,3-4,7H2,1-2H3. The molecule has 0 spiro atoms. The minimum absolute atomic E-state index is 0.153. The number of aromatic nitrogens is 2. The van der Waals surface area contributed by atoms with Gasteiger partial charge >= 0.3 is 0 Å². The second kappa shape index (κ2) is 7.13. The second-order valence-electron chi connectivity index (χ2n) is 4.78. The van der Waals surface area contributed by atoms with E-state index in [2.05, 4.69) is 33.3 Å². The topological polar surface area (TPSA) is 29.9 Å². The third-order valence-electron chi connectivity index (χ3n) is 3.29. The van der Waals surface area contributed by atoms with Gasteiger partial charge in [-0.2, -0.15) is 5.10 Å². The van der Waals surface area contributed by atoms with Crippen molar-refractivity contribution < 1.29 is 8.78 Å². The molecule has 0 saturated carbocycles. The molecular formula is C15H18BrF2N3. The van der Waals surface area contributed by atoms with Gasteiger partial charge in [0.1, 0.15) is 0 Å². The summed E-state index contributed by atoms with van der Waals surface area (Å²) < 4.78 is 29.0. The Bertz CT molecular complexity index is 613. The molecule has 21 heavy (non-hydrogen) atoms. The first-order chi connectivity index (χ1) is 10.1. The van der Waals surface area contributed by atoms with Crippen molar-refractivity contribution >= 4 is 15.9 Å². The molecule has 2 rings (SSSR count). The second-order valence-corrected chi connectivity index (χ2v) is 5.57. The van der Waals surface area contributed by atoms with Crippen molar-refractivity contribution in [2.24, 2.45) is 0 Å². The first kappa shape index (κ1) is 16.1. The van der Waals surface area contributed by atoms with Crippen LogP contribution in [0.1, 0.15) is 37.4 Å². The van der Waals surface area contributed by atoms with Crippen LogP contribution in [0, 0.1) is 11.6 Å². The Kier molecular flexibility index (Phi) is 5.47. The quantitative estimate of drug-likeness (QED) is 0.790. The fourth-order valence-electron chi connectivity index (χ4n) is 2.16. The van der Waals surface area contributed by atoms with Gasteiger partial charge < -0.3 is 5.32 Å². The fraction of sp³-hybridized carbons (Fsp3) is 0.400. The molecule has 0 amide bonds. The average Bonchev–Trinajstić information content (AvgIpc) is 2.96. The van der Waals surface area contributed by atoms with E-state index in [1.54, 1.807) is 12.3 Å². The highest BCUT2D eigenvalue weighted by atomic mass is 79.9. The summed E-state index contributed by atoms with van der Waals surface area (Å²) in [4.78, 5) is 0. The van der Waals surface area contributed by atoms with Crippen LogP contribution in [-0.2, 0) is 6.54 Å². The lowest BCUT2D eigenvalue weighted by Gasteiger charge is -2.19. The van der Waals surface area contributed by atoms with Crippen molar-refractivity contribution in [3.8, 4) is 0 Å². The summed E-state index contributed by atoms with van der Waals surface area (Å²) in [6.45, 7) is 5.59. The van der Waals surface area contributed by atoms with E-state index >= 15 is 0 Å². The third-order valence-corrected chi connectivity index (χ3v) is 4.09. The molecule has 0 fully saturated rings. The summed E-state index contributed by atoms with van der Waals surface area (Å²) in [6.07, 6.45) is 4.62. The van der Waals surface area contributed by atoms with Gasteiger partial charge in [0.05, 0.1) is 16.7 Å². The minimum Gasteiger partial charge on any atom is -0.306 e. The maximum Gasteiger partial charge on any atom is 0.173 e. The van der Waals surface area contributed by atoms with Gasteiger partial charge in [0, 0.05) is 18.3 Å². The predicted octanol–water partition coefficient (Wildman–Crippen LogP) is 4.03. The monoisotopic (exact) mass is 357 g/mol. The van der Waals surface area contributed by atoms with E-state index < -0.39 is 11.6 Å². The Labute approximate surface area is 131 Å². The van der Waals surface area contributed by atoms with Crippen LogP contribution in [0.5, 0.6) is 0 Å². The highest BCUT2D eigenvalue weighted by Crippen LogP contribution is 2.31. The van der Waals surface area contributed by atoms with Crippen LogP contribution < -0.4 is 5.32 Å². The van der Waals surface area contributed by atoms with Gasteiger partial charge in [-0.25, -0.2) is 8.78 Å². The van der Waals surface area contributed by atoms with Crippen molar-refractivity contribution in [2.75, 3.05) is 6.54 Å². The maximum absolute atomic E-state index is 13.8. The number of rotatable bonds is 6. The number of nitrogens with one attached hydrogen (secondary N) is 1. The SMILES string of the molecule is CCCNC(c1cnn(CC)c1)c1ccc(F)c(F)c1Br. The molecule has 1 heterocycles. The zero-order chi connectivity index (χ0) is 15.4. The summed E-state index contributed by atoms with van der Waals surface area (Å²) >= 11 is 3.16. The Balaban J connectivity index is 2.42. The molecule has 1 N–H and O–H groups in total. The molecule has 3 nitrogen and oxygen atoms in total. The van der Waals surface area contributed by atoms with Crippen LogP contribution in [0.15, 0.2) is 29.0 Å². The number of hydrogen-bond acceptors (Lipinski definition) is 2. The van der Waals surface area contributed by atoms with Gasteiger partial charge in [0.2, 0.25) is 0 Å². The number of hydrogen-bond donors (Lipinski definition) is 1. The first-order valence-corrected chi connectivity index (χ1v) is 7.76. The van der Waals surface area contributed by atoms with Gasteiger partial charge in [-0.15, -0.1) is 0 Å². The molecule has 0 aliphatic carbocycles. The lowest BCUT2D eigenvalue weighted by molar-refractivity contribution is 0.497. The minimum atomic E-state index is -0.862. The molecular weight excluding hydrogens is 340 g/mol. The highest BCUT2D eigenvalue weighted by Gasteiger charge is 2.21. The molecule has 114 valence electrons. The van der Waals surface area contributed by atoms with Gasteiger partial charge in [-0.05, 0) is 47.4 Å². The zero-order valence-electron chi connectivity index (χ0n) is 12.0. The number of benzene rings is 1. The largest absolute Gasteiger partial charge is 0.306 e. The summed E-state index contributed by atoms with van der Waals surface area (Å²) in [5, 5.41) is 7.61. The normalized spacial score (nSPS) is 12.6. The molecule has 1 aromatic heterocycles. The molecule has 0 aliphatic heterocycles. The average molecular weight is 358 g/mol. The number of halogens is 3. The highest BCUT2D eigenvalue weighted by molar-refractivity contribution is 9.10. The summed E-state index contributed by atoms with van der Waals surface area (Å²) in [5.74, 6) is -1.72. The van der Waals surface area contributed by atoms with Crippen LogP contribution in [0.4, 0.5) is 8.78 Å². The molecule has 1 aromatic carbocycles. The molecule has 0 aliphatic rings. The van der Waals surface area contributed by atoms with Crippen molar-refractivity contribution in [3.05, 3.63) is 51.8 Å². The zero-order valence-corrected chi connectivity index (χ0v) is 13.6. The van der Waals surface area contributed by atoms with Crippen LogP contribution in [0.3, 0.4) is 0 Å². The third kappa shape index (κ3) is 3.49. The Morgan fingerprint density at radius 1 is 1.33 bits per heavy atom. The van der Waals surface area contributed by atoms with Gasteiger partial charge in [0.15, 0.2) is 11.6 Å². The summed E-state index contributed by atoms with van der Waals surface area (Å²) in [7, 11) is 0. The van der Waals surface area contributed by atoms with Gasteiger partial charge in [-0.1, -0.05) is 13.0 Å². The van der Waals surface area contributed by atoms with Crippen molar-refractivity contribution in [1.82, 2.24) is 15.1 Å². The van der Waals surface area contributed by atoms with E-state index in [0.717, 1.165) is 31.1 Å². The lowest BCUT2D eigenvalue weighted by atomic mass is 10.0. The van der Waals surface area contributed by atoms with Crippen molar-refractivity contribution in [1.29, 1.82) is 0 Å². The molecule has 1 atom stereocenters. The molecule has 0 bridgehead atoms. The van der Waals surface area contributed by atoms with E-state index in [9.17, 15) is 8.78 Å². The van der Waals surface area contributed by atoms with Gasteiger partial charge in [-0.3, -0.25) is 4.68 Å². The first-order valence-electron chi connectivity index (χ1n) is 6.97. The van der Waals surface area contributed by atoms with Crippen LogP contribution in [0.25, 0.3) is 0 Å². The van der Waals surface area contributed by atoms with Crippen molar-refractivity contribution in [3.63, 3.8) is 0 Å². The van der Waals surface area contributed by atoms with E-state index in [1.807, 2.05) is 17.8 Å². The van der Waals surface area contributed by atoms with Crippen LogP contribution >= 0.6 is 15.9 Å². The van der Waals surface area contributed by atoms with Gasteiger partial charge in [0.25, 0.3) is 0 Å². The molecule has 0 radical (unpaired) electrons.